The average molecular weight is 196 g/mol. The van der Waals surface area contributed by atoms with Gasteiger partial charge in [-0.05, 0) is 25.1 Å². The number of ether oxygens (including phenoxy) is 1. The Morgan fingerprint density at radius 1 is 1.57 bits per heavy atom. The van der Waals surface area contributed by atoms with E-state index in [1.165, 1.54) is 6.07 Å². The van der Waals surface area contributed by atoms with Crippen LogP contribution in [0.25, 0.3) is 0 Å². The van der Waals surface area contributed by atoms with E-state index in [4.69, 9.17) is 4.74 Å². The van der Waals surface area contributed by atoms with Crippen LogP contribution >= 0.6 is 0 Å². The summed E-state index contributed by atoms with van der Waals surface area (Å²) in [6, 6.07) is 3.34. The molecule has 4 heteroatoms. The van der Waals surface area contributed by atoms with Gasteiger partial charge >= 0.3 is 5.97 Å². The minimum absolute atomic E-state index is 0.00319. The molecule has 0 aromatic heterocycles. The number of aldehydes is 1. The van der Waals surface area contributed by atoms with Crippen LogP contribution in [0.2, 0.25) is 0 Å². The summed E-state index contributed by atoms with van der Waals surface area (Å²) in [5.41, 5.74) is 0.0895. The summed E-state index contributed by atoms with van der Waals surface area (Å²) in [4.78, 5) is 21.7. The van der Waals surface area contributed by atoms with Crippen LogP contribution in [-0.4, -0.2) is 18.9 Å². The van der Waals surface area contributed by atoms with Gasteiger partial charge in [0.05, 0.1) is 12.2 Å². The van der Waals surface area contributed by atoms with Crippen LogP contribution in [0.4, 0.5) is 4.39 Å². The second-order valence-corrected chi connectivity index (χ2v) is 2.57. The Balaban J connectivity index is 3.07. The molecular formula is C10H9FO3. The van der Waals surface area contributed by atoms with Crippen LogP contribution < -0.4 is 0 Å². The SMILES string of the molecule is CCOC(=O)c1ccc(F)cc1C=O. The van der Waals surface area contributed by atoms with Gasteiger partial charge in [-0.1, -0.05) is 0 Å². The predicted molar refractivity (Wildman–Crippen MR) is 47.7 cm³/mol. The molecule has 0 N–H and O–H groups in total. The van der Waals surface area contributed by atoms with Crippen LogP contribution in [0.5, 0.6) is 0 Å². The van der Waals surface area contributed by atoms with Gasteiger partial charge in [-0.3, -0.25) is 4.79 Å². The van der Waals surface area contributed by atoms with E-state index in [2.05, 4.69) is 0 Å². The van der Waals surface area contributed by atoms with Crippen LogP contribution in [0.1, 0.15) is 27.6 Å². The Morgan fingerprint density at radius 3 is 2.86 bits per heavy atom. The van der Waals surface area contributed by atoms with Crippen molar-refractivity contribution in [3.05, 3.63) is 35.1 Å². The van der Waals surface area contributed by atoms with Crippen LogP contribution in [0.3, 0.4) is 0 Å². The molecule has 14 heavy (non-hydrogen) atoms. The molecule has 0 fully saturated rings. The Hall–Kier alpha value is -1.71. The minimum Gasteiger partial charge on any atom is -0.462 e. The highest BCUT2D eigenvalue weighted by Crippen LogP contribution is 2.10. The van der Waals surface area contributed by atoms with E-state index in [1.807, 2.05) is 0 Å². The summed E-state index contributed by atoms with van der Waals surface area (Å²) < 4.78 is 17.4. The number of hydrogen-bond acceptors (Lipinski definition) is 3. The lowest BCUT2D eigenvalue weighted by Crippen LogP contribution is -2.08. The molecule has 0 aliphatic rings. The zero-order valence-corrected chi connectivity index (χ0v) is 7.62. The van der Waals surface area contributed by atoms with E-state index in [9.17, 15) is 14.0 Å². The van der Waals surface area contributed by atoms with Gasteiger partial charge in [-0.25, -0.2) is 9.18 Å². The summed E-state index contributed by atoms with van der Waals surface area (Å²) >= 11 is 0. The predicted octanol–water partition coefficient (Wildman–Crippen LogP) is 1.81. The summed E-state index contributed by atoms with van der Waals surface area (Å²) in [6.45, 7) is 1.87. The van der Waals surface area contributed by atoms with E-state index < -0.39 is 11.8 Å². The molecule has 0 bridgehead atoms. The Bertz CT molecular complexity index is 360. The maximum absolute atomic E-state index is 12.7. The highest BCUT2D eigenvalue weighted by atomic mass is 19.1. The zero-order valence-electron chi connectivity index (χ0n) is 7.62. The zero-order chi connectivity index (χ0) is 10.6. The fourth-order valence-corrected chi connectivity index (χ4v) is 1.03. The topological polar surface area (TPSA) is 43.4 Å². The molecule has 0 saturated carbocycles. The van der Waals surface area contributed by atoms with Crippen LogP contribution in [0.15, 0.2) is 18.2 Å². The number of carbonyl (C=O) groups is 2. The molecular weight excluding hydrogens is 187 g/mol. The van der Waals surface area contributed by atoms with Crippen LogP contribution in [-0.2, 0) is 4.74 Å². The quantitative estimate of drug-likeness (QED) is 0.547. The molecule has 3 nitrogen and oxygen atoms in total. The molecule has 0 aliphatic heterocycles. The summed E-state index contributed by atoms with van der Waals surface area (Å²) in [7, 11) is 0. The molecule has 1 rings (SSSR count). The normalized spacial score (nSPS) is 9.57. The van der Waals surface area contributed by atoms with Gasteiger partial charge in [0.1, 0.15) is 5.82 Å². The van der Waals surface area contributed by atoms with E-state index in [1.54, 1.807) is 6.92 Å². The molecule has 74 valence electrons. The highest BCUT2D eigenvalue weighted by Gasteiger charge is 2.12. The molecule has 0 saturated heterocycles. The molecule has 0 heterocycles. The molecule has 1 aromatic carbocycles. The van der Waals surface area contributed by atoms with Gasteiger partial charge in [-0.15, -0.1) is 0 Å². The van der Waals surface area contributed by atoms with Gasteiger partial charge in [0.2, 0.25) is 0 Å². The number of rotatable bonds is 3. The van der Waals surface area contributed by atoms with E-state index in [-0.39, 0.29) is 17.7 Å². The van der Waals surface area contributed by atoms with Crippen molar-refractivity contribution in [3.63, 3.8) is 0 Å². The first-order chi connectivity index (χ1) is 6.69. The summed E-state index contributed by atoms with van der Waals surface area (Å²) in [5.74, 6) is -1.17. The fraction of sp³-hybridized carbons (Fsp3) is 0.200. The van der Waals surface area contributed by atoms with Crippen molar-refractivity contribution in [1.82, 2.24) is 0 Å². The van der Waals surface area contributed by atoms with Gasteiger partial charge in [0.25, 0.3) is 0 Å². The summed E-state index contributed by atoms with van der Waals surface area (Å²) in [5, 5.41) is 0. The van der Waals surface area contributed by atoms with E-state index >= 15 is 0 Å². The molecule has 0 unspecified atom stereocenters. The van der Waals surface area contributed by atoms with Crippen molar-refractivity contribution in [2.45, 2.75) is 6.92 Å². The smallest absolute Gasteiger partial charge is 0.338 e. The first-order valence-corrected chi connectivity index (χ1v) is 4.11. The second-order valence-electron chi connectivity index (χ2n) is 2.57. The molecule has 0 spiro atoms. The van der Waals surface area contributed by atoms with Crippen molar-refractivity contribution in [2.24, 2.45) is 0 Å². The average Bonchev–Trinajstić information content (AvgIpc) is 2.17. The Labute approximate surface area is 80.5 Å². The Morgan fingerprint density at radius 2 is 2.29 bits per heavy atom. The standard InChI is InChI=1S/C10H9FO3/c1-2-14-10(13)9-4-3-8(11)5-7(9)6-12/h3-6H,2H2,1H3. The molecule has 0 radical (unpaired) electrons. The lowest BCUT2D eigenvalue weighted by Gasteiger charge is -2.03. The van der Waals surface area contributed by atoms with Crippen molar-refractivity contribution in [3.8, 4) is 0 Å². The van der Waals surface area contributed by atoms with Crippen molar-refractivity contribution in [1.29, 1.82) is 0 Å². The molecule has 0 atom stereocenters. The number of halogens is 1. The van der Waals surface area contributed by atoms with Crippen LogP contribution in [0, 0.1) is 5.82 Å². The number of hydrogen-bond donors (Lipinski definition) is 0. The maximum Gasteiger partial charge on any atom is 0.338 e. The lowest BCUT2D eigenvalue weighted by molar-refractivity contribution is 0.0524. The number of esters is 1. The second kappa shape index (κ2) is 4.50. The fourth-order valence-electron chi connectivity index (χ4n) is 1.03. The Kier molecular flexibility index (Phi) is 3.34. The lowest BCUT2D eigenvalue weighted by atomic mass is 10.1. The third kappa shape index (κ3) is 2.16. The van der Waals surface area contributed by atoms with E-state index in [0.717, 1.165) is 12.1 Å². The van der Waals surface area contributed by atoms with Crippen molar-refractivity contribution >= 4 is 12.3 Å². The molecule has 1 aromatic rings. The van der Waals surface area contributed by atoms with Gasteiger partial charge in [0, 0.05) is 5.56 Å². The van der Waals surface area contributed by atoms with Crippen molar-refractivity contribution in [2.75, 3.05) is 6.61 Å². The van der Waals surface area contributed by atoms with Gasteiger partial charge in [0.15, 0.2) is 6.29 Å². The third-order valence-electron chi connectivity index (χ3n) is 1.64. The third-order valence-corrected chi connectivity index (χ3v) is 1.64. The molecule has 0 amide bonds. The number of benzene rings is 1. The minimum atomic E-state index is -0.616. The monoisotopic (exact) mass is 196 g/mol. The number of carbonyl (C=O) groups excluding carboxylic acids is 2. The van der Waals surface area contributed by atoms with Gasteiger partial charge in [-0.2, -0.15) is 0 Å². The van der Waals surface area contributed by atoms with Crippen molar-refractivity contribution < 1.29 is 18.7 Å². The first kappa shape index (κ1) is 10.4. The largest absolute Gasteiger partial charge is 0.462 e. The van der Waals surface area contributed by atoms with Gasteiger partial charge < -0.3 is 4.74 Å². The summed E-state index contributed by atoms with van der Waals surface area (Å²) in [6.07, 6.45) is 0.426. The van der Waals surface area contributed by atoms with E-state index in [0.29, 0.717) is 6.29 Å². The highest BCUT2D eigenvalue weighted by molar-refractivity contribution is 5.98. The molecule has 0 aliphatic carbocycles. The first-order valence-electron chi connectivity index (χ1n) is 4.11. The maximum atomic E-state index is 12.7.